The van der Waals surface area contributed by atoms with Crippen molar-refractivity contribution in [1.82, 2.24) is 0 Å². The van der Waals surface area contributed by atoms with E-state index < -0.39 is 5.60 Å². The van der Waals surface area contributed by atoms with Gasteiger partial charge in [0.1, 0.15) is 0 Å². The zero-order chi connectivity index (χ0) is 12.3. The molecule has 0 aromatic heterocycles. The van der Waals surface area contributed by atoms with E-state index in [4.69, 9.17) is 4.74 Å². The predicted molar refractivity (Wildman–Crippen MR) is 64.3 cm³/mol. The minimum atomic E-state index is -0.772. The van der Waals surface area contributed by atoms with E-state index >= 15 is 0 Å². The van der Waals surface area contributed by atoms with Crippen LogP contribution < -0.4 is 0 Å². The molecular formula is C14H18O3. The fourth-order valence-electron chi connectivity index (χ4n) is 2.53. The lowest BCUT2D eigenvalue weighted by molar-refractivity contribution is -0.148. The van der Waals surface area contributed by atoms with Crippen LogP contribution in [0.3, 0.4) is 0 Å². The van der Waals surface area contributed by atoms with E-state index in [0.717, 1.165) is 5.56 Å². The van der Waals surface area contributed by atoms with Crippen molar-refractivity contribution in [2.45, 2.75) is 31.3 Å². The fourth-order valence-corrected chi connectivity index (χ4v) is 2.53. The molecule has 3 heteroatoms. The van der Waals surface area contributed by atoms with E-state index in [2.05, 4.69) is 0 Å². The zero-order valence-corrected chi connectivity index (χ0v) is 10.1. The summed E-state index contributed by atoms with van der Waals surface area (Å²) in [5.41, 5.74) is 0.175. The number of ether oxygens (including phenoxy) is 1. The van der Waals surface area contributed by atoms with Crippen molar-refractivity contribution in [1.29, 1.82) is 0 Å². The first-order valence-corrected chi connectivity index (χ1v) is 6.01. The smallest absolute Gasteiger partial charge is 0.308 e. The third-order valence-electron chi connectivity index (χ3n) is 3.66. The average molecular weight is 234 g/mol. The van der Waals surface area contributed by atoms with Crippen LogP contribution in [0.1, 0.15) is 31.2 Å². The monoisotopic (exact) mass is 234 g/mol. The van der Waals surface area contributed by atoms with Gasteiger partial charge >= 0.3 is 5.97 Å². The second-order valence-corrected chi connectivity index (χ2v) is 4.70. The largest absolute Gasteiger partial charge is 0.469 e. The number of carbonyl (C=O) groups excluding carboxylic acids is 1. The lowest BCUT2D eigenvalue weighted by Crippen LogP contribution is -2.34. The van der Waals surface area contributed by atoms with Crippen molar-refractivity contribution < 1.29 is 14.6 Å². The Morgan fingerprint density at radius 3 is 2.41 bits per heavy atom. The Bertz CT molecular complexity index is 378. The quantitative estimate of drug-likeness (QED) is 0.798. The first kappa shape index (κ1) is 12.1. The highest BCUT2D eigenvalue weighted by Crippen LogP contribution is 2.39. The summed E-state index contributed by atoms with van der Waals surface area (Å²) in [7, 11) is 1.42. The van der Waals surface area contributed by atoms with E-state index in [1.165, 1.54) is 7.11 Å². The number of esters is 1. The van der Waals surface area contributed by atoms with Crippen molar-refractivity contribution in [3.63, 3.8) is 0 Å². The van der Waals surface area contributed by atoms with Gasteiger partial charge in [0.25, 0.3) is 0 Å². The minimum Gasteiger partial charge on any atom is -0.469 e. The summed E-state index contributed by atoms with van der Waals surface area (Å²) < 4.78 is 4.74. The molecule has 92 valence electrons. The molecule has 1 fully saturated rings. The zero-order valence-electron chi connectivity index (χ0n) is 10.1. The molecule has 1 aliphatic carbocycles. The highest BCUT2D eigenvalue weighted by atomic mass is 16.5. The van der Waals surface area contributed by atoms with Crippen molar-refractivity contribution in [2.75, 3.05) is 7.11 Å². The number of carbonyl (C=O) groups is 1. The summed E-state index contributed by atoms with van der Waals surface area (Å²) in [5, 5.41) is 10.6. The maximum Gasteiger partial charge on any atom is 0.308 e. The molecule has 0 amide bonds. The highest BCUT2D eigenvalue weighted by Gasteiger charge is 2.37. The number of aliphatic hydroxyl groups is 1. The van der Waals surface area contributed by atoms with E-state index in [9.17, 15) is 9.90 Å². The standard InChI is InChI=1S/C14H18O3/c1-17-13(15)11-7-9-14(16,10-8-11)12-5-3-2-4-6-12/h2-6,11,16H,7-10H2,1H3. The van der Waals surface area contributed by atoms with Crippen LogP contribution in [-0.2, 0) is 15.1 Å². The summed E-state index contributed by atoms with van der Waals surface area (Å²) in [6.45, 7) is 0. The van der Waals surface area contributed by atoms with E-state index in [1.54, 1.807) is 0 Å². The molecule has 0 radical (unpaired) electrons. The van der Waals surface area contributed by atoms with Crippen LogP contribution in [0, 0.1) is 5.92 Å². The number of hydrogen-bond donors (Lipinski definition) is 1. The summed E-state index contributed by atoms with van der Waals surface area (Å²) >= 11 is 0. The minimum absolute atomic E-state index is 0.0519. The van der Waals surface area contributed by atoms with Crippen LogP contribution in [0.15, 0.2) is 30.3 Å². The summed E-state index contributed by atoms with van der Waals surface area (Å²) in [4.78, 5) is 11.4. The fraction of sp³-hybridized carbons (Fsp3) is 0.500. The Morgan fingerprint density at radius 1 is 1.29 bits per heavy atom. The van der Waals surface area contributed by atoms with Gasteiger partial charge in [-0.05, 0) is 31.2 Å². The maximum absolute atomic E-state index is 11.4. The summed E-state index contributed by atoms with van der Waals surface area (Å²) in [6.07, 6.45) is 2.63. The number of rotatable bonds is 2. The molecule has 0 aliphatic heterocycles. The van der Waals surface area contributed by atoms with E-state index in [-0.39, 0.29) is 11.9 Å². The normalized spacial score (nSPS) is 28.7. The van der Waals surface area contributed by atoms with Gasteiger partial charge in [0.2, 0.25) is 0 Å². The second-order valence-electron chi connectivity index (χ2n) is 4.70. The van der Waals surface area contributed by atoms with Crippen LogP contribution in [-0.4, -0.2) is 18.2 Å². The van der Waals surface area contributed by atoms with Crippen molar-refractivity contribution in [3.05, 3.63) is 35.9 Å². The maximum atomic E-state index is 11.4. The van der Waals surface area contributed by atoms with Crippen LogP contribution in [0.25, 0.3) is 0 Å². The van der Waals surface area contributed by atoms with Crippen LogP contribution >= 0.6 is 0 Å². The average Bonchev–Trinajstić information content (AvgIpc) is 2.40. The van der Waals surface area contributed by atoms with Gasteiger partial charge in [0.15, 0.2) is 0 Å². The molecule has 1 N–H and O–H groups in total. The lowest BCUT2D eigenvalue weighted by Gasteiger charge is -2.35. The second kappa shape index (κ2) is 4.88. The molecule has 2 rings (SSSR count). The third-order valence-corrected chi connectivity index (χ3v) is 3.66. The van der Waals surface area contributed by atoms with Gasteiger partial charge in [0.05, 0.1) is 18.6 Å². The Hall–Kier alpha value is -1.35. The van der Waals surface area contributed by atoms with Crippen molar-refractivity contribution in [2.24, 2.45) is 5.92 Å². The molecule has 0 bridgehead atoms. The molecule has 0 unspecified atom stereocenters. The van der Waals surface area contributed by atoms with Gasteiger partial charge < -0.3 is 9.84 Å². The first-order valence-electron chi connectivity index (χ1n) is 6.01. The molecule has 3 nitrogen and oxygen atoms in total. The summed E-state index contributed by atoms with van der Waals surface area (Å²) in [6, 6.07) is 9.68. The van der Waals surface area contributed by atoms with Crippen LogP contribution in [0.5, 0.6) is 0 Å². The third kappa shape index (κ3) is 2.50. The van der Waals surface area contributed by atoms with Gasteiger partial charge in [-0.1, -0.05) is 30.3 Å². The van der Waals surface area contributed by atoms with E-state index in [1.807, 2.05) is 30.3 Å². The predicted octanol–water partition coefficient (Wildman–Crippen LogP) is 2.24. The lowest BCUT2D eigenvalue weighted by atomic mass is 9.75. The Labute approximate surface area is 101 Å². The summed E-state index contributed by atoms with van der Waals surface area (Å²) in [5.74, 6) is -0.205. The van der Waals surface area contributed by atoms with Crippen LogP contribution in [0.4, 0.5) is 0 Å². The SMILES string of the molecule is COC(=O)C1CCC(O)(c2ccccc2)CC1. The topological polar surface area (TPSA) is 46.5 Å². The van der Waals surface area contributed by atoms with E-state index in [0.29, 0.717) is 25.7 Å². The van der Waals surface area contributed by atoms with Gasteiger partial charge in [-0.3, -0.25) is 4.79 Å². The Balaban J connectivity index is 2.05. The molecular weight excluding hydrogens is 216 g/mol. The molecule has 0 atom stereocenters. The van der Waals surface area contributed by atoms with Gasteiger partial charge in [-0.15, -0.1) is 0 Å². The molecule has 1 aliphatic rings. The Morgan fingerprint density at radius 2 is 1.88 bits per heavy atom. The number of hydrogen-bond acceptors (Lipinski definition) is 3. The van der Waals surface area contributed by atoms with Gasteiger partial charge in [-0.2, -0.15) is 0 Å². The molecule has 0 spiro atoms. The number of benzene rings is 1. The van der Waals surface area contributed by atoms with Gasteiger partial charge in [0, 0.05) is 0 Å². The van der Waals surface area contributed by atoms with Crippen LogP contribution in [0.2, 0.25) is 0 Å². The molecule has 1 aromatic carbocycles. The first-order chi connectivity index (χ1) is 8.15. The molecule has 17 heavy (non-hydrogen) atoms. The van der Waals surface area contributed by atoms with Gasteiger partial charge in [-0.25, -0.2) is 0 Å². The Kier molecular flexibility index (Phi) is 3.48. The van der Waals surface area contributed by atoms with Crippen molar-refractivity contribution in [3.8, 4) is 0 Å². The molecule has 1 saturated carbocycles. The highest BCUT2D eigenvalue weighted by molar-refractivity contribution is 5.72. The molecule has 0 saturated heterocycles. The van der Waals surface area contributed by atoms with Crippen molar-refractivity contribution >= 4 is 5.97 Å². The number of methoxy groups -OCH3 is 1. The molecule has 0 heterocycles. The molecule has 1 aromatic rings.